The minimum absolute atomic E-state index is 0.0432. The first-order chi connectivity index (χ1) is 10.9. The Bertz CT molecular complexity index is 769. The predicted molar refractivity (Wildman–Crippen MR) is 90.3 cm³/mol. The van der Waals surface area contributed by atoms with Crippen molar-refractivity contribution in [3.63, 3.8) is 0 Å². The molecule has 0 radical (unpaired) electrons. The molecule has 3 amide bonds. The lowest BCUT2D eigenvalue weighted by Gasteiger charge is -2.22. The summed E-state index contributed by atoms with van der Waals surface area (Å²) in [6, 6.07) is 14.6. The molecule has 2 aromatic carbocycles. The number of hydrogen-bond acceptors (Lipinski definition) is 2. The highest BCUT2D eigenvalue weighted by atomic mass is 16.2. The number of benzene rings is 2. The fourth-order valence-corrected chi connectivity index (χ4v) is 2.81. The number of carbonyl (C=O) groups excluding carboxylic acids is 2. The SMILES string of the molecule is CC1(C)C(=O)Nc2cc(N(Cc3ccccc3)C(N)=O)ccc21. The number of fused-ring (bicyclic) bond motifs is 1. The summed E-state index contributed by atoms with van der Waals surface area (Å²) in [5.41, 5.74) is 8.28. The molecule has 3 N–H and O–H groups in total. The summed E-state index contributed by atoms with van der Waals surface area (Å²) in [5.74, 6) is -0.0432. The van der Waals surface area contributed by atoms with Gasteiger partial charge in [-0.05, 0) is 37.1 Å². The average Bonchev–Trinajstić information content (AvgIpc) is 2.75. The van der Waals surface area contributed by atoms with Crippen LogP contribution in [-0.2, 0) is 16.8 Å². The van der Waals surface area contributed by atoms with Crippen LogP contribution in [0.1, 0.15) is 25.0 Å². The van der Waals surface area contributed by atoms with Crippen LogP contribution >= 0.6 is 0 Å². The van der Waals surface area contributed by atoms with E-state index < -0.39 is 11.4 Å². The fourth-order valence-electron chi connectivity index (χ4n) is 2.81. The van der Waals surface area contributed by atoms with E-state index in [0.29, 0.717) is 12.2 Å². The third-order valence-electron chi connectivity index (χ3n) is 4.25. The number of nitrogens with two attached hydrogens (primary N) is 1. The molecule has 118 valence electrons. The van der Waals surface area contributed by atoms with Crippen LogP contribution < -0.4 is 16.0 Å². The van der Waals surface area contributed by atoms with Gasteiger partial charge in [-0.1, -0.05) is 36.4 Å². The Morgan fingerprint density at radius 3 is 2.52 bits per heavy atom. The molecule has 0 bridgehead atoms. The second-order valence-electron chi connectivity index (χ2n) is 6.22. The van der Waals surface area contributed by atoms with Crippen molar-refractivity contribution >= 4 is 23.3 Å². The van der Waals surface area contributed by atoms with Crippen LogP contribution in [0.2, 0.25) is 0 Å². The minimum Gasteiger partial charge on any atom is -0.351 e. The summed E-state index contributed by atoms with van der Waals surface area (Å²) in [6.07, 6.45) is 0. The van der Waals surface area contributed by atoms with Gasteiger partial charge in [-0.15, -0.1) is 0 Å². The first-order valence-electron chi connectivity index (χ1n) is 7.46. The molecular formula is C18H19N3O2. The van der Waals surface area contributed by atoms with Crippen LogP contribution in [0.25, 0.3) is 0 Å². The molecule has 0 atom stereocenters. The van der Waals surface area contributed by atoms with Crippen LogP contribution in [0.15, 0.2) is 48.5 Å². The van der Waals surface area contributed by atoms with Crippen LogP contribution in [0.4, 0.5) is 16.2 Å². The van der Waals surface area contributed by atoms with Crippen molar-refractivity contribution in [3.8, 4) is 0 Å². The van der Waals surface area contributed by atoms with Gasteiger partial charge in [-0.25, -0.2) is 4.79 Å². The normalized spacial score (nSPS) is 15.0. The summed E-state index contributed by atoms with van der Waals surface area (Å²) in [6.45, 7) is 4.14. The molecule has 2 aromatic rings. The molecule has 0 aromatic heterocycles. The van der Waals surface area contributed by atoms with Crippen molar-refractivity contribution in [2.24, 2.45) is 5.73 Å². The number of carbonyl (C=O) groups is 2. The summed E-state index contributed by atoms with van der Waals surface area (Å²) < 4.78 is 0. The predicted octanol–water partition coefficient (Wildman–Crippen LogP) is 3.00. The zero-order valence-electron chi connectivity index (χ0n) is 13.2. The highest BCUT2D eigenvalue weighted by Crippen LogP contribution is 2.39. The number of urea groups is 1. The number of nitrogens with one attached hydrogen (secondary N) is 1. The zero-order valence-corrected chi connectivity index (χ0v) is 13.2. The monoisotopic (exact) mass is 309 g/mol. The van der Waals surface area contributed by atoms with Gasteiger partial charge < -0.3 is 11.1 Å². The third-order valence-corrected chi connectivity index (χ3v) is 4.25. The first kappa shape index (κ1) is 15.1. The van der Waals surface area contributed by atoms with E-state index in [2.05, 4.69) is 5.32 Å². The standard InChI is InChI=1S/C18H19N3O2/c1-18(2)14-9-8-13(10-15(14)20-16(18)22)21(17(19)23)11-12-6-4-3-5-7-12/h3-10H,11H2,1-2H3,(H2,19,23)(H,20,22). The molecule has 1 aliphatic rings. The van der Waals surface area contributed by atoms with Gasteiger partial charge in [0, 0.05) is 11.4 Å². The Morgan fingerprint density at radius 2 is 1.87 bits per heavy atom. The molecule has 3 rings (SSSR count). The molecule has 1 heterocycles. The van der Waals surface area contributed by atoms with E-state index in [1.54, 1.807) is 6.07 Å². The molecule has 0 saturated heterocycles. The largest absolute Gasteiger partial charge is 0.351 e. The number of amides is 3. The first-order valence-corrected chi connectivity index (χ1v) is 7.46. The Hall–Kier alpha value is -2.82. The maximum atomic E-state index is 12.0. The van der Waals surface area contributed by atoms with Crippen molar-refractivity contribution in [2.75, 3.05) is 10.2 Å². The lowest BCUT2D eigenvalue weighted by molar-refractivity contribution is -0.119. The van der Waals surface area contributed by atoms with E-state index in [1.807, 2.05) is 56.3 Å². The van der Waals surface area contributed by atoms with Crippen molar-refractivity contribution < 1.29 is 9.59 Å². The van der Waals surface area contributed by atoms with E-state index in [-0.39, 0.29) is 5.91 Å². The zero-order chi connectivity index (χ0) is 16.6. The number of primary amides is 1. The van der Waals surface area contributed by atoms with Gasteiger partial charge in [-0.3, -0.25) is 9.69 Å². The number of anilines is 2. The molecule has 5 heteroatoms. The summed E-state index contributed by atoms with van der Waals surface area (Å²) >= 11 is 0. The van der Waals surface area contributed by atoms with Crippen LogP contribution in [0, 0.1) is 0 Å². The van der Waals surface area contributed by atoms with E-state index in [9.17, 15) is 9.59 Å². The van der Waals surface area contributed by atoms with E-state index >= 15 is 0 Å². The molecule has 0 spiro atoms. The maximum Gasteiger partial charge on any atom is 0.319 e. The smallest absolute Gasteiger partial charge is 0.319 e. The van der Waals surface area contributed by atoms with Crippen molar-refractivity contribution in [3.05, 3.63) is 59.7 Å². The molecule has 0 aliphatic carbocycles. The Balaban J connectivity index is 1.95. The summed E-state index contributed by atoms with van der Waals surface area (Å²) in [5, 5.41) is 2.87. The molecule has 0 unspecified atom stereocenters. The van der Waals surface area contributed by atoms with Crippen molar-refractivity contribution in [1.29, 1.82) is 0 Å². The lowest BCUT2D eigenvalue weighted by atomic mass is 9.86. The van der Waals surface area contributed by atoms with Crippen molar-refractivity contribution in [1.82, 2.24) is 0 Å². The minimum atomic E-state index is -0.565. The molecule has 0 saturated carbocycles. The maximum absolute atomic E-state index is 12.0. The van der Waals surface area contributed by atoms with Gasteiger partial charge in [0.25, 0.3) is 0 Å². The molecule has 23 heavy (non-hydrogen) atoms. The average molecular weight is 309 g/mol. The quantitative estimate of drug-likeness (QED) is 0.914. The van der Waals surface area contributed by atoms with E-state index in [0.717, 1.165) is 16.8 Å². The molecule has 5 nitrogen and oxygen atoms in total. The highest BCUT2D eigenvalue weighted by molar-refractivity contribution is 6.06. The van der Waals surface area contributed by atoms with E-state index in [1.165, 1.54) is 4.90 Å². The van der Waals surface area contributed by atoms with Crippen LogP contribution in [-0.4, -0.2) is 11.9 Å². The van der Waals surface area contributed by atoms with Gasteiger partial charge in [0.15, 0.2) is 0 Å². The number of hydrogen-bond donors (Lipinski definition) is 2. The molecular weight excluding hydrogens is 290 g/mol. The summed E-state index contributed by atoms with van der Waals surface area (Å²) in [7, 11) is 0. The second-order valence-corrected chi connectivity index (χ2v) is 6.22. The Labute approximate surface area is 135 Å². The second kappa shape index (κ2) is 5.43. The molecule has 1 aliphatic heterocycles. The van der Waals surface area contributed by atoms with Gasteiger partial charge in [-0.2, -0.15) is 0 Å². The number of rotatable bonds is 3. The van der Waals surface area contributed by atoms with Crippen LogP contribution in [0.5, 0.6) is 0 Å². The summed E-state index contributed by atoms with van der Waals surface area (Å²) in [4.78, 5) is 25.4. The topological polar surface area (TPSA) is 75.4 Å². The van der Waals surface area contributed by atoms with Gasteiger partial charge in [0.2, 0.25) is 5.91 Å². The lowest BCUT2D eigenvalue weighted by Crippen LogP contribution is -2.35. The van der Waals surface area contributed by atoms with Gasteiger partial charge in [0.05, 0.1) is 12.0 Å². The van der Waals surface area contributed by atoms with Gasteiger partial charge in [0.1, 0.15) is 0 Å². The number of nitrogens with zero attached hydrogens (tertiary/aromatic N) is 1. The Kier molecular flexibility index (Phi) is 3.56. The van der Waals surface area contributed by atoms with E-state index in [4.69, 9.17) is 5.73 Å². The van der Waals surface area contributed by atoms with Crippen molar-refractivity contribution in [2.45, 2.75) is 25.8 Å². The Morgan fingerprint density at radius 1 is 1.17 bits per heavy atom. The highest BCUT2D eigenvalue weighted by Gasteiger charge is 2.38. The van der Waals surface area contributed by atoms with Gasteiger partial charge >= 0.3 is 6.03 Å². The fraction of sp³-hybridized carbons (Fsp3) is 0.222. The molecule has 0 fully saturated rings. The van der Waals surface area contributed by atoms with Crippen LogP contribution in [0.3, 0.4) is 0 Å². The third kappa shape index (κ3) is 2.65.